The summed E-state index contributed by atoms with van der Waals surface area (Å²) < 4.78 is 0. The molecule has 0 nitrogen and oxygen atoms in total. The standard InChI is InChI=1S/C14H17Cl/c1-5-7-12-8-9-13(15)11(4)14(12)10(3)6-2/h8-9H,2,5,7H2,1,3-4H3. The molecule has 80 valence electrons. The molecule has 0 saturated heterocycles. The lowest BCUT2D eigenvalue weighted by Crippen LogP contribution is -1.95. The summed E-state index contributed by atoms with van der Waals surface area (Å²) in [5.74, 6) is 0. The van der Waals surface area contributed by atoms with E-state index in [0.29, 0.717) is 0 Å². The summed E-state index contributed by atoms with van der Waals surface area (Å²) in [6.07, 6.45) is 2.21. The molecule has 0 aliphatic heterocycles. The van der Waals surface area contributed by atoms with Crippen molar-refractivity contribution in [2.24, 2.45) is 0 Å². The molecule has 1 rings (SSSR count). The van der Waals surface area contributed by atoms with Gasteiger partial charge in [0.25, 0.3) is 0 Å². The molecular weight excluding hydrogens is 204 g/mol. The Balaban J connectivity index is 3.41. The van der Waals surface area contributed by atoms with E-state index in [9.17, 15) is 0 Å². The molecule has 0 aliphatic carbocycles. The molecule has 0 aromatic heterocycles. The first-order valence-electron chi connectivity index (χ1n) is 5.26. The monoisotopic (exact) mass is 220 g/mol. The van der Waals surface area contributed by atoms with Crippen LogP contribution in [0.3, 0.4) is 0 Å². The highest BCUT2D eigenvalue weighted by molar-refractivity contribution is 6.31. The Labute approximate surface area is 97.3 Å². The van der Waals surface area contributed by atoms with Crippen molar-refractivity contribution in [2.75, 3.05) is 0 Å². The van der Waals surface area contributed by atoms with Gasteiger partial charge in [0.2, 0.25) is 0 Å². The molecule has 0 spiro atoms. The van der Waals surface area contributed by atoms with Crippen LogP contribution in [0.4, 0.5) is 0 Å². The number of benzene rings is 1. The number of hydrogen-bond donors (Lipinski definition) is 0. The summed E-state index contributed by atoms with van der Waals surface area (Å²) in [4.78, 5) is 0. The lowest BCUT2D eigenvalue weighted by molar-refractivity contribution is 0.916. The summed E-state index contributed by atoms with van der Waals surface area (Å²) in [5, 5.41) is 0.819. The van der Waals surface area contributed by atoms with Crippen LogP contribution in [0.1, 0.15) is 37.0 Å². The first kappa shape index (κ1) is 12.1. The average Bonchev–Trinajstić information content (AvgIpc) is 2.23. The van der Waals surface area contributed by atoms with Gasteiger partial charge in [-0.15, -0.1) is 5.73 Å². The van der Waals surface area contributed by atoms with Crippen LogP contribution in [0.5, 0.6) is 0 Å². The maximum Gasteiger partial charge on any atom is 0.0441 e. The molecular formula is C14H17Cl. The maximum absolute atomic E-state index is 6.13. The van der Waals surface area contributed by atoms with E-state index >= 15 is 0 Å². The van der Waals surface area contributed by atoms with Crippen molar-refractivity contribution in [1.82, 2.24) is 0 Å². The van der Waals surface area contributed by atoms with Crippen LogP contribution in [0.2, 0.25) is 5.02 Å². The smallest absolute Gasteiger partial charge is 0.0441 e. The number of aryl methyl sites for hydroxylation is 1. The van der Waals surface area contributed by atoms with E-state index < -0.39 is 0 Å². The Kier molecular flexibility index (Phi) is 4.20. The van der Waals surface area contributed by atoms with Crippen LogP contribution in [-0.4, -0.2) is 0 Å². The van der Waals surface area contributed by atoms with Crippen molar-refractivity contribution in [1.29, 1.82) is 0 Å². The fourth-order valence-corrected chi connectivity index (χ4v) is 1.99. The third-order valence-corrected chi connectivity index (χ3v) is 3.05. The van der Waals surface area contributed by atoms with Gasteiger partial charge in [-0.3, -0.25) is 0 Å². The molecule has 0 N–H and O–H groups in total. The Morgan fingerprint density at radius 2 is 2.13 bits per heavy atom. The number of hydrogen-bond acceptors (Lipinski definition) is 0. The minimum atomic E-state index is 0.819. The van der Waals surface area contributed by atoms with E-state index in [2.05, 4.69) is 32.2 Å². The van der Waals surface area contributed by atoms with Crippen LogP contribution in [0.25, 0.3) is 5.57 Å². The molecule has 1 aromatic rings. The Bertz CT molecular complexity index is 410. The number of allylic oxidation sites excluding steroid dienone is 1. The van der Waals surface area contributed by atoms with Gasteiger partial charge in [-0.2, -0.15) is 0 Å². The summed E-state index contributed by atoms with van der Waals surface area (Å²) in [6.45, 7) is 9.97. The summed E-state index contributed by atoms with van der Waals surface area (Å²) in [5.41, 5.74) is 7.74. The van der Waals surface area contributed by atoms with Crippen molar-refractivity contribution in [3.05, 3.63) is 46.2 Å². The lowest BCUT2D eigenvalue weighted by Gasteiger charge is -2.12. The van der Waals surface area contributed by atoms with Crippen molar-refractivity contribution >= 4 is 17.2 Å². The third kappa shape index (κ3) is 2.53. The Morgan fingerprint density at radius 1 is 1.47 bits per heavy atom. The zero-order chi connectivity index (χ0) is 11.4. The van der Waals surface area contributed by atoms with E-state index in [1.165, 1.54) is 11.1 Å². The van der Waals surface area contributed by atoms with Crippen molar-refractivity contribution in [2.45, 2.75) is 33.6 Å². The Hall–Kier alpha value is -0.970. The molecule has 1 aromatic carbocycles. The first-order chi connectivity index (χ1) is 7.11. The quantitative estimate of drug-likeness (QED) is 0.643. The zero-order valence-corrected chi connectivity index (χ0v) is 10.4. The normalized spacial score (nSPS) is 9.87. The molecule has 0 fully saturated rings. The molecule has 0 saturated carbocycles. The van der Waals surface area contributed by atoms with E-state index in [1.807, 2.05) is 13.0 Å². The Morgan fingerprint density at radius 3 is 2.67 bits per heavy atom. The second kappa shape index (κ2) is 5.21. The molecule has 0 aliphatic rings. The summed E-state index contributed by atoms with van der Waals surface area (Å²) in [6, 6.07) is 4.08. The van der Waals surface area contributed by atoms with Crippen LogP contribution in [-0.2, 0) is 6.42 Å². The van der Waals surface area contributed by atoms with Crippen LogP contribution in [0.15, 0.2) is 24.4 Å². The van der Waals surface area contributed by atoms with Crippen LogP contribution < -0.4 is 0 Å². The van der Waals surface area contributed by atoms with Gasteiger partial charge >= 0.3 is 0 Å². The highest BCUT2D eigenvalue weighted by atomic mass is 35.5. The van der Waals surface area contributed by atoms with Gasteiger partial charge in [-0.05, 0) is 48.6 Å². The van der Waals surface area contributed by atoms with Crippen molar-refractivity contribution in [3.8, 4) is 0 Å². The molecule has 0 radical (unpaired) electrons. The molecule has 0 bridgehead atoms. The van der Waals surface area contributed by atoms with Crippen molar-refractivity contribution in [3.63, 3.8) is 0 Å². The average molecular weight is 221 g/mol. The third-order valence-electron chi connectivity index (χ3n) is 2.64. The van der Waals surface area contributed by atoms with E-state index in [-0.39, 0.29) is 0 Å². The van der Waals surface area contributed by atoms with Gasteiger partial charge in [-0.1, -0.05) is 37.6 Å². The van der Waals surface area contributed by atoms with Gasteiger partial charge < -0.3 is 0 Å². The maximum atomic E-state index is 6.13. The molecule has 0 amide bonds. The van der Waals surface area contributed by atoms with E-state index in [4.69, 9.17) is 11.6 Å². The van der Waals surface area contributed by atoms with Gasteiger partial charge in [0.15, 0.2) is 0 Å². The highest BCUT2D eigenvalue weighted by Crippen LogP contribution is 2.28. The zero-order valence-electron chi connectivity index (χ0n) is 9.65. The van der Waals surface area contributed by atoms with Crippen LogP contribution >= 0.6 is 11.6 Å². The highest BCUT2D eigenvalue weighted by Gasteiger charge is 2.09. The second-order valence-corrected chi connectivity index (χ2v) is 4.17. The number of rotatable bonds is 3. The first-order valence-corrected chi connectivity index (χ1v) is 5.64. The fraction of sp³-hybridized carbons (Fsp3) is 0.357. The largest absolute Gasteiger partial charge is 0.125 e. The molecule has 15 heavy (non-hydrogen) atoms. The van der Waals surface area contributed by atoms with Gasteiger partial charge in [-0.25, -0.2) is 0 Å². The van der Waals surface area contributed by atoms with Gasteiger partial charge in [0.05, 0.1) is 0 Å². The topological polar surface area (TPSA) is 0 Å². The van der Waals surface area contributed by atoms with Gasteiger partial charge in [0, 0.05) is 5.02 Å². The summed E-state index contributed by atoms with van der Waals surface area (Å²) >= 11 is 6.13. The molecule has 0 atom stereocenters. The SMILES string of the molecule is C=C=C(C)c1c(CCC)ccc(Cl)c1C. The molecule has 0 unspecified atom stereocenters. The van der Waals surface area contributed by atoms with E-state index in [1.54, 1.807) is 0 Å². The fourth-order valence-electron chi connectivity index (χ4n) is 1.83. The lowest BCUT2D eigenvalue weighted by atomic mass is 9.94. The van der Waals surface area contributed by atoms with Crippen molar-refractivity contribution < 1.29 is 0 Å². The van der Waals surface area contributed by atoms with Gasteiger partial charge in [0.1, 0.15) is 0 Å². The predicted octanol–water partition coefficient (Wildman–Crippen LogP) is 4.79. The predicted molar refractivity (Wildman–Crippen MR) is 68.4 cm³/mol. The minimum absolute atomic E-state index is 0.819. The van der Waals surface area contributed by atoms with Crippen LogP contribution in [0, 0.1) is 6.92 Å². The molecule has 1 heteroatoms. The second-order valence-electron chi connectivity index (χ2n) is 3.76. The van der Waals surface area contributed by atoms with E-state index in [0.717, 1.165) is 29.0 Å². The summed E-state index contributed by atoms with van der Waals surface area (Å²) in [7, 11) is 0. The molecule has 0 heterocycles. The minimum Gasteiger partial charge on any atom is -0.125 e. The number of halogens is 1.